The highest BCUT2D eigenvalue weighted by molar-refractivity contribution is 7.89. The lowest BCUT2D eigenvalue weighted by Gasteiger charge is -2.33. The van der Waals surface area contributed by atoms with Gasteiger partial charge in [-0.05, 0) is 36.8 Å². The second-order valence-electron chi connectivity index (χ2n) is 7.30. The summed E-state index contributed by atoms with van der Waals surface area (Å²) in [6, 6.07) is 5.96. The van der Waals surface area contributed by atoms with Gasteiger partial charge in [-0.2, -0.15) is 4.31 Å². The number of amides is 2. The molecule has 1 saturated heterocycles. The van der Waals surface area contributed by atoms with E-state index in [1.165, 1.54) is 35.7 Å². The van der Waals surface area contributed by atoms with Crippen LogP contribution in [0, 0.1) is 6.92 Å². The smallest absolute Gasteiger partial charge is 0.341 e. The normalized spacial score (nSPS) is 15.2. The van der Waals surface area contributed by atoms with Crippen LogP contribution in [0.4, 0.5) is 5.00 Å². The minimum atomic E-state index is -3.65. The van der Waals surface area contributed by atoms with Gasteiger partial charge in [-0.25, -0.2) is 13.2 Å². The molecule has 0 saturated carbocycles. The number of hydrogen-bond acceptors (Lipinski definition) is 8. The summed E-state index contributed by atoms with van der Waals surface area (Å²) >= 11 is 6.74. The van der Waals surface area contributed by atoms with Gasteiger partial charge in [0.25, 0.3) is 5.91 Å². The van der Waals surface area contributed by atoms with Crippen molar-refractivity contribution in [2.45, 2.75) is 11.8 Å². The molecule has 0 unspecified atom stereocenters. The first-order valence-electron chi connectivity index (χ1n) is 9.84. The van der Waals surface area contributed by atoms with Crippen molar-refractivity contribution in [3.8, 4) is 0 Å². The summed E-state index contributed by atoms with van der Waals surface area (Å²) in [7, 11) is -2.45. The zero-order chi connectivity index (χ0) is 24.3. The second-order valence-corrected chi connectivity index (χ2v) is 10.7. The molecule has 0 bridgehead atoms. The highest BCUT2D eigenvalue weighted by Crippen LogP contribution is 2.33. The molecule has 0 aliphatic carbocycles. The maximum absolute atomic E-state index is 12.8. The molecule has 3 rings (SSSR count). The standard InChI is InChI=1S/C20H23ClN4O6S2/c1-12-16(20(28)31-2)19(32-17(12)18(22)27)23-15(26)11-24-7-9-25(10-8-24)33(29,30)14-5-3-13(21)4-6-14/h3-6H,7-11H2,1-2H3,(H2,22,27)(H,23,26). The summed E-state index contributed by atoms with van der Waals surface area (Å²) in [6.45, 7) is 2.67. The van der Waals surface area contributed by atoms with Crippen LogP contribution in [-0.4, -0.2) is 75.2 Å². The molecule has 178 valence electrons. The van der Waals surface area contributed by atoms with E-state index in [0.717, 1.165) is 11.3 Å². The van der Waals surface area contributed by atoms with Gasteiger partial charge in [0.2, 0.25) is 15.9 Å². The molecular formula is C20H23ClN4O6S2. The van der Waals surface area contributed by atoms with Crippen LogP contribution in [0.25, 0.3) is 0 Å². The van der Waals surface area contributed by atoms with E-state index in [0.29, 0.717) is 23.7 Å². The molecule has 1 aromatic carbocycles. The van der Waals surface area contributed by atoms with Crippen LogP contribution < -0.4 is 11.1 Å². The number of thiophene rings is 1. The molecule has 33 heavy (non-hydrogen) atoms. The molecule has 13 heteroatoms. The number of carbonyl (C=O) groups is 3. The Kier molecular flexibility index (Phi) is 7.75. The Morgan fingerprint density at radius 2 is 1.76 bits per heavy atom. The number of piperazine rings is 1. The fourth-order valence-electron chi connectivity index (χ4n) is 3.44. The van der Waals surface area contributed by atoms with E-state index in [9.17, 15) is 22.8 Å². The number of methoxy groups -OCH3 is 1. The van der Waals surface area contributed by atoms with Gasteiger partial charge in [-0.1, -0.05) is 11.6 Å². The fourth-order valence-corrected chi connectivity index (χ4v) is 6.05. The molecule has 1 aliphatic heterocycles. The Morgan fingerprint density at radius 1 is 1.15 bits per heavy atom. The first-order chi connectivity index (χ1) is 15.5. The van der Waals surface area contributed by atoms with Gasteiger partial charge in [-0.15, -0.1) is 11.3 Å². The zero-order valence-corrected chi connectivity index (χ0v) is 20.3. The lowest BCUT2D eigenvalue weighted by molar-refractivity contribution is -0.117. The van der Waals surface area contributed by atoms with Crippen LogP contribution in [0.3, 0.4) is 0 Å². The van der Waals surface area contributed by atoms with Gasteiger partial charge in [0.1, 0.15) is 5.00 Å². The number of halogens is 1. The largest absolute Gasteiger partial charge is 0.465 e. The number of primary amides is 1. The van der Waals surface area contributed by atoms with Crippen molar-refractivity contribution in [3.05, 3.63) is 45.3 Å². The first kappa shape index (κ1) is 25.1. The fraction of sp³-hybridized carbons (Fsp3) is 0.350. The average Bonchev–Trinajstić information content (AvgIpc) is 3.09. The summed E-state index contributed by atoms with van der Waals surface area (Å²) < 4.78 is 31.7. The Hall–Kier alpha value is -2.51. The highest BCUT2D eigenvalue weighted by atomic mass is 35.5. The van der Waals surface area contributed by atoms with Gasteiger partial charge in [0.05, 0.1) is 29.0 Å². The Balaban J connectivity index is 1.63. The van der Waals surface area contributed by atoms with E-state index < -0.39 is 27.8 Å². The van der Waals surface area contributed by atoms with Crippen molar-refractivity contribution in [2.24, 2.45) is 5.73 Å². The van der Waals surface area contributed by atoms with Crippen LogP contribution >= 0.6 is 22.9 Å². The third-order valence-corrected chi connectivity index (χ3v) is 8.55. The monoisotopic (exact) mass is 514 g/mol. The lowest BCUT2D eigenvalue weighted by atomic mass is 10.1. The number of nitrogens with two attached hydrogens (primary N) is 1. The molecule has 3 N–H and O–H groups in total. The van der Waals surface area contributed by atoms with Crippen LogP contribution in [0.1, 0.15) is 25.6 Å². The summed E-state index contributed by atoms with van der Waals surface area (Å²) in [6.07, 6.45) is 0. The highest BCUT2D eigenvalue weighted by Gasteiger charge is 2.30. The molecular weight excluding hydrogens is 492 g/mol. The van der Waals surface area contributed by atoms with Gasteiger partial charge in [-0.3, -0.25) is 14.5 Å². The number of rotatable bonds is 7. The van der Waals surface area contributed by atoms with E-state index in [4.69, 9.17) is 22.1 Å². The minimum Gasteiger partial charge on any atom is -0.465 e. The van der Waals surface area contributed by atoms with E-state index in [-0.39, 0.29) is 40.0 Å². The van der Waals surface area contributed by atoms with Crippen molar-refractivity contribution in [1.29, 1.82) is 0 Å². The second kappa shape index (κ2) is 10.2. The van der Waals surface area contributed by atoms with E-state index in [1.807, 2.05) is 0 Å². The SMILES string of the molecule is COC(=O)c1c(NC(=O)CN2CCN(S(=O)(=O)c3ccc(Cl)cc3)CC2)sc(C(N)=O)c1C. The number of nitrogens with one attached hydrogen (secondary N) is 1. The number of sulfonamides is 1. The molecule has 1 fully saturated rings. The van der Waals surface area contributed by atoms with Crippen molar-refractivity contribution in [1.82, 2.24) is 9.21 Å². The quantitative estimate of drug-likeness (QED) is 0.534. The molecule has 0 radical (unpaired) electrons. The molecule has 1 aromatic heterocycles. The average molecular weight is 515 g/mol. The number of carbonyl (C=O) groups excluding carboxylic acids is 3. The summed E-state index contributed by atoms with van der Waals surface area (Å²) in [5.74, 6) is -1.81. The topological polar surface area (TPSA) is 139 Å². The van der Waals surface area contributed by atoms with Crippen LogP contribution in [-0.2, 0) is 19.6 Å². The van der Waals surface area contributed by atoms with Gasteiger partial charge in [0.15, 0.2) is 0 Å². The number of ether oxygens (including phenoxy) is 1. The molecule has 2 amide bonds. The number of anilines is 1. The van der Waals surface area contributed by atoms with Crippen LogP contribution in [0.15, 0.2) is 29.2 Å². The van der Waals surface area contributed by atoms with Crippen LogP contribution in [0.5, 0.6) is 0 Å². The summed E-state index contributed by atoms with van der Waals surface area (Å²) in [4.78, 5) is 38.5. The lowest BCUT2D eigenvalue weighted by Crippen LogP contribution is -2.50. The maximum Gasteiger partial charge on any atom is 0.341 e. The van der Waals surface area contributed by atoms with Crippen molar-refractivity contribution >= 4 is 55.7 Å². The molecule has 1 aliphatic rings. The third-order valence-electron chi connectivity index (χ3n) is 5.16. The molecule has 10 nitrogen and oxygen atoms in total. The third kappa shape index (κ3) is 5.53. The predicted octanol–water partition coefficient (Wildman–Crippen LogP) is 1.54. The van der Waals surface area contributed by atoms with Crippen molar-refractivity contribution in [2.75, 3.05) is 45.2 Å². The maximum atomic E-state index is 12.8. The van der Waals surface area contributed by atoms with Crippen molar-refractivity contribution < 1.29 is 27.5 Å². The van der Waals surface area contributed by atoms with Gasteiger partial charge < -0.3 is 15.8 Å². The van der Waals surface area contributed by atoms with E-state index in [2.05, 4.69) is 5.32 Å². The summed E-state index contributed by atoms with van der Waals surface area (Å²) in [5.41, 5.74) is 5.78. The van der Waals surface area contributed by atoms with Crippen LogP contribution in [0.2, 0.25) is 5.02 Å². The number of hydrogen-bond donors (Lipinski definition) is 2. The van der Waals surface area contributed by atoms with E-state index in [1.54, 1.807) is 11.8 Å². The number of nitrogens with zero attached hydrogens (tertiary/aromatic N) is 2. The molecule has 0 atom stereocenters. The predicted molar refractivity (Wildman–Crippen MR) is 124 cm³/mol. The Labute approximate surface area is 200 Å². The summed E-state index contributed by atoms with van der Waals surface area (Å²) in [5, 5.41) is 3.28. The van der Waals surface area contributed by atoms with Crippen molar-refractivity contribution in [3.63, 3.8) is 0 Å². The molecule has 2 heterocycles. The Bertz CT molecular complexity index is 1170. The van der Waals surface area contributed by atoms with Gasteiger partial charge in [0, 0.05) is 31.2 Å². The molecule has 0 spiro atoms. The molecule has 2 aromatic rings. The number of esters is 1. The number of benzene rings is 1. The zero-order valence-electron chi connectivity index (χ0n) is 18.0. The Morgan fingerprint density at radius 3 is 2.30 bits per heavy atom. The van der Waals surface area contributed by atoms with Gasteiger partial charge >= 0.3 is 5.97 Å². The first-order valence-corrected chi connectivity index (χ1v) is 12.5. The minimum absolute atomic E-state index is 0.0156. The van der Waals surface area contributed by atoms with E-state index >= 15 is 0 Å².